The Morgan fingerprint density at radius 2 is 2.30 bits per heavy atom. The maximum atomic E-state index is 12.6. The van der Waals surface area contributed by atoms with Crippen molar-refractivity contribution in [1.82, 2.24) is 14.5 Å². The molecule has 0 bridgehead atoms. The number of carbonyl (C=O) groups is 1. The third-order valence-electron chi connectivity index (χ3n) is 4.05. The summed E-state index contributed by atoms with van der Waals surface area (Å²) in [5.41, 5.74) is 3.10. The minimum atomic E-state index is -0.0449. The molecule has 1 fully saturated rings. The van der Waals surface area contributed by atoms with Crippen LogP contribution in [0, 0.1) is 6.92 Å². The minimum absolute atomic E-state index is 0.000932. The Morgan fingerprint density at radius 3 is 3.04 bits per heavy atom. The summed E-state index contributed by atoms with van der Waals surface area (Å²) in [6, 6.07) is 5.98. The van der Waals surface area contributed by atoms with Crippen molar-refractivity contribution in [1.29, 1.82) is 0 Å². The number of hydrogen-bond acceptors (Lipinski definition) is 3. The lowest BCUT2D eigenvalue weighted by molar-refractivity contribution is -0.135. The van der Waals surface area contributed by atoms with Gasteiger partial charge in [-0.25, -0.2) is 0 Å². The predicted octanol–water partition coefficient (Wildman–Crippen LogP) is 2.34. The molecule has 1 amide bonds. The Balaban J connectivity index is 1.78. The summed E-state index contributed by atoms with van der Waals surface area (Å²) >= 11 is 0. The summed E-state index contributed by atoms with van der Waals surface area (Å²) < 4.78 is 7.61. The lowest BCUT2D eigenvalue weighted by Crippen LogP contribution is -2.43. The summed E-state index contributed by atoms with van der Waals surface area (Å²) in [6.07, 6.45) is 8.98. The van der Waals surface area contributed by atoms with Gasteiger partial charge in [-0.2, -0.15) is 0 Å². The van der Waals surface area contributed by atoms with Gasteiger partial charge in [0.05, 0.1) is 19.3 Å². The van der Waals surface area contributed by atoms with Crippen molar-refractivity contribution in [3.63, 3.8) is 0 Å². The van der Waals surface area contributed by atoms with Crippen LogP contribution in [0.3, 0.4) is 0 Å². The molecule has 1 aliphatic rings. The van der Waals surface area contributed by atoms with Crippen LogP contribution in [0.25, 0.3) is 6.08 Å². The van der Waals surface area contributed by atoms with Crippen molar-refractivity contribution in [3.05, 3.63) is 59.7 Å². The second-order valence-corrected chi connectivity index (χ2v) is 5.80. The number of pyridine rings is 1. The monoisotopic (exact) mass is 311 g/mol. The molecule has 0 aromatic carbocycles. The SMILES string of the molecule is Cc1cncc(/C=C/C(=O)N2CCOC[C@H]2c2cccn2C)c1. The van der Waals surface area contributed by atoms with Crippen LogP contribution in [0.15, 0.2) is 42.9 Å². The van der Waals surface area contributed by atoms with Gasteiger partial charge < -0.3 is 14.2 Å². The molecule has 5 nitrogen and oxygen atoms in total. The van der Waals surface area contributed by atoms with Crippen LogP contribution in [-0.4, -0.2) is 40.1 Å². The van der Waals surface area contributed by atoms with Crippen LogP contribution in [0.1, 0.15) is 22.9 Å². The number of morpholine rings is 1. The molecular formula is C18H21N3O2. The first-order valence-electron chi connectivity index (χ1n) is 7.74. The lowest BCUT2D eigenvalue weighted by atomic mass is 10.1. The van der Waals surface area contributed by atoms with E-state index < -0.39 is 0 Å². The summed E-state index contributed by atoms with van der Waals surface area (Å²) in [7, 11) is 1.99. The molecule has 120 valence electrons. The number of aromatic nitrogens is 2. The number of carbonyl (C=O) groups excluding carboxylic acids is 1. The van der Waals surface area contributed by atoms with Crippen LogP contribution in [0.5, 0.6) is 0 Å². The van der Waals surface area contributed by atoms with Crippen LogP contribution in [0.2, 0.25) is 0 Å². The van der Waals surface area contributed by atoms with Gasteiger partial charge in [0.2, 0.25) is 5.91 Å². The number of rotatable bonds is 3. The van der Waals surface area contributed by atoms with E-state index in [-0.39, 0.29) is 11.9 Å². The van der Waals surface area contributed by atoms with E-state index in [2.05, 4.69) is 4.98 Å². The molecule has 5 heteroatoms. The van der Waals surface area contributed by atoms with Crippen molar-refractivity contribution in [2.24, 2.45) is 7.05 Å². The summed E-state index contributed by atoms with van der Waals surface area (Å²) in [5, 5.41) is 0. The largest absolute Gasteiger partial charge is 0.377 e. The molecule has 0 saturated carbocycles. The van der Waals surface area contributed by atoms with Crippen molar-refractivity contribution in [3.8, 4) is 0 Å². The van der Waals surface area contributed by atoms with Gasteiger partial charge in [-0.1, -0.05) is 0 Å². The maximum Gasteiger partial charge on any atom is 0.247 e. The number of nitrogens with zero attached hydrogens (tertiary/aromatic N) is 3. The molecule has 0 unspecified atom stereocenters. The molecule has 0 spiro atoms. The molecule has 1 aliphatic heterocycles. The van der Waals surface area contributed by atoms with Gasteiger partial charge in [-0.15, -0.1) is 0 Å². The van der Waals surface area contributed by atoms with Crippen molar-refractivity contribution in [2.75, 3.05) is 19.8 Å². The molecule has 3 rings (SSSR count). The second-order valence-electron chi connectivity index (χ2n) is 5.80. The molecule has 2 aromatic rings. The van der Waals surface area contributed by atoms with E-state index in [0.29, 0.717) is 19.8 Å². The quantitative estimate of drug-likeness (QED) is 0.818. The number of hydrogen-bond donors (Lipinski definition) is 0. The Morgan fingerprint density at radius 1 is 1.43 bits per heavy atom. The molecule has 0 radical (unpaired) electrons. The van der Waals surface area contributed by atoms with Gasteiger partial charge in [0, 0.05) is 44.0 Å². The molecule has 2 aromatic heterocycles. The zero-order valence-corrected chi connectivity index (χ0v) is 13.5. The zero-order valence-electron chi connectivity index (χ0n) is 13.5. The fourth-order valence-corrected chi connectivity index (χ4v) is 2.87. The fraction of sp³-hybridized carbons (Fsp3) is 0.333. The van der Waals surface area contributed by atoms with Gasteiger partial charge >= 0.3 is 0 Å². The normalized spacial score (nSPS) is 18.5. The number of amides is 1. The third kappa shape index (κ3) is 3.51. The highest BCUT2D eigenvalue weighted by atomic mass is 16.5. The van der Waals surface area contributed by atoms with E-state index in [9.17, 15) is 4.79 Å². The zero-order chi connectivity index (χ0) is 16.2. The third-order valence-corrected chi connectivity index (χ3v) is 4.05. The summed E-state index contributed by atoms with van der Waals surface area (Å²) in [5.74, 6) is 0.000932. The average Bonchev–Trinajstić information content (AvgIpc) is 2.98. The van der Waals surface area contributed by atoms with Crippen LogP contribution < -0.4 is 0 Å². The van der Waals surface area contributed by atoms with Gasteiger partial charge in [0.15, 0.2) is 0 Å². The Kier molecular flexibility index (Phi) is 4.57. The first-order chi connectivity index (χ1) is 11.1. The fourth-order valence-electron chi connectivity index (χ4n) is 2.87. The minimum Gasteiger partial charge on any atom is -0.377 e. The van der Waals surface area contributed by atoms with Gasteiger partial charge in [0.1, 0.15) is 0 Å². The van der Waals surface area contributed by atoms with Crippen LogP contribution in [-0.2, 0) is 16.6 Å². The molecular weight excluding hydrogens is 290 g/mol. The first-order valence-corrected chi connectivity index (χ1v) is 7.74. The molecule has 0 aliphatic carbocycles. The number of ether oxygens (including phenoxy) is 1. The lowest BCUT2D eigenvalue weighted by Gasteiger charge is -2.35. The van der Waals surface area contributed by atoms with Gasteiger partial charge in [0.25, 0.3) is 0 Å². The van der Waals surface area contributed by atoms with E-state index in [1.54, 1.807) is 18.5 Å². The summed E-state index contributed by atoms with van der Waals surface area (Å²) in [6.45, 7) is 3.70. The predicted molar refractivity (Wildman–Crippen MR) is 88.7 cm³/mol. The Hall–Kier alpha value is -2.40. The molecule has 1 atom stereocenters. The molecule has 1 saturated heterocycles. The average molecular weight is 311 g/mol. The summed E-state index contributed by atoms with van der Waals surface area (Å²) in [4.78, 5) is 18.6. The van der Waals surface area contributed by atoms with Crippen LogP contribution in [0.4, 0.5) is 0 Å². The highest BCUT2D eigenvalue weighted by molar-refractivity contribution is 5.92. The van der Waals surface area contributed by atoms with Crippen LogP contribution >= 0.6 is 0 Å². The smallest absolute Gasteiger partial charge is 0.247 e. The van der Waals surface area contributed by atoms with E-state index in [1.165, 1.54) is 0 Å². The first kappa shape index (κ1) is 15.5. The molecule has 3 heterocycles. The van der Waals surface area contributed by atoms with Crippen molar-refractivity contribution in [2.45, 2.75) is 13.0 Å². The maximum absolute atomic E-state index is 12.6. The standard InChI is InChI=1S/C18H21N3O2/c1-14-10-15(12-19-11-14)5-6-18(22)21-8-9-23-13-17(21)16-4-3-7-20(16)2/h3-7,10-12,17H,8-9,13H2,1-2H3/b6-5+/t17-/m0/s1. The molecule has 23 heavy (non-hydrogen) atoms. The highest BCUT2D eigenvalue weighted by Gasteiger charge is 2.28. The second kappa shape index (κ2) is 6.79. The van der Waals surface area contributed by atoms with Crippen molar-refractivity contribution < 1.29 is 9.53 Å². The molecule has 0 N–H and O–H groups in total. The van der Waals surface area contributed by atoms with E-state index in [1.807, 2.05) is 53.9 Å². The highest BCUT2D eigenvalue weighted by Crippen LogP contribution is 2.24. The number of aryl methyl sites for hydroxylation is 2. The van der Waals surface area contributed by atoms with Gasteiger partial charge in [-0.3, -0.25) is 9.78 Å². The Labute approximate surface area is 136 Å². The van der Waals surface area contributed by atoms with E-state index in [4.69, 9.17) is 4.74 Å². The Bertz CT molecular complexity index is 721. The topological polar surface area (TPSA) is 47.4 Å². The van der Waals surface area contributed by atoms with E-state index >= 15 is 0 Å². The van der Waals surface area contributed by atoms with Crippen molar-refractivity contribution >= 4 is 12.0 Å². The van der Waals surface area contributed by atoms with Gasteiger partial charge in [-0.05, 0) is 42.3 Å². The van der Waals surface area contributed by atoms with E-state index in [0.717, 1.165) is 16.8 Å².